The Balaban J connectivity index is 1.48. The van der Waals surface area contributed by atoms with Gasteiger partial charge in [-0.3, -0.25) is 4.79 Å². The molecule has 0 atom stereocenters. The van der Waals surface area contributed by atoms with Crippen LogP contribution in [0.3, 0.4) is 0 Å². The van der Waals surface area contributed by atoms with Crippen LogP contribution in [0.2, 0.25) is 0 Å². The van der Waals surface area contributed by atoms with Crippen molar-refractivity contribution in [3.8, 4) is 22.9 Å². The molecule has 5 nitrogen and oxygen atoms in total. The summed E-state index contributed by atoms with van der Waals surface area (Å²) in [7, 11) is 3.79. The molecule has 1 amide bonds. The zero-order valence-electron chi connectivity index (χ0n) is 17.9. The smallest absolute Gasteiger partial charge is 0.256 e. The summed E-state index contributed by atoms with van der Waals surface area (Å²) in [6.07, 6.45) is 1.90. The predicted molar refractivity (Wildman–Crippen MR) is 129 cm³/mol. The number of para-hydroxylation sites is 1. The third-order valence-corrected chi connectivity index (χ3v) is 6.02. The van der Waals surface area contributed by atoms with Crippen molar-refractivity contribution < 1.29 is 9.53 Å². The van der Waals surface area contributed by atoms with Crippen molar-refractivity contribution in [1.29, 1.82) is 5.26 Å². The highest BCUT2D eigenvalue weighted by Crippen LogP contribution is 2.31. The van der Waals surface area contributed by atoms with Crippen molar-refractivity contribution in [2.45, 2.75) is 6.54 Å². The van der Waals surface area contributed by atoms with Gasteiger partial charge in [0.15, 0.2) is 6.61 Å². The Hall–Kier alpha value is -3.56. The number of amides is 1. The zero-order chi connectivity index (χ0) is 22.7. The topological polar surface area (TPSA) is 58.3 Å². The summed E-state index contributed by atoms with van der Waals surface area (Å²) in [4.78, 5) is 14.8. The van der Waals surface area contributed by atoms with Crippen LogP contribution < -0.4 is 4.74 Å². The molecule has 3 aromatic carbocycles. The molecule has 0 aliphatic rings. The van der Waals surface area contributed by atoms with Crippen molar-refractivity contribution in [3.63, 3.8) is 0 Å². The number of nitrogens with zero attached hydrogens (tertiary/aromatic N) is 3. The minimum atomic E-state index is 0.00256. The van der Waals surface area contributed by atoms with Gasteiger partial charge in [-0.25, -0.2) is 0 Å². The van der Waals surface area contributed by atoms with E-state index < -0.39 is 0 Å². The summed E-state index contributed by atoms with van der Waals surface area (Å²) in [6, 6.07) is 23.9. The second-order valence-corrected chi connectivity index (χ2v) is 8.48. The van der Waals surface area contributed by atoms with Crippen LogP contribution in [0.25, 0.3) is 22.0 Å². The van der Waals surface area contributed by atoms with Crippen LogP contribution in [0.1, 0.15) is 15.9 Å². The number of halogens is 1. The van der Waals surface area contributed by atoms with E-state index in [1.165, 1.54) is 0 Å². The lowest BCUT2D eigenvalue weighted by atomic mass is 10.0. The van der Waals surface area contributed by atoms with Crippen LogP contribution in [0.4, 0.5) is 0 Å². The first-order valence-electron chi connectivity index (χ1n) is 10.2. The summed E-state index contributed by atoms with van der Waals surface area (Å²) >= 11 is 3.50. The third-order valence-electron chi connectivity index (χ3n) is 5.41. The van der Waals surface area contributed by atoms with Gasteiger partial charge in [-0.05, 0) is 50.8 Å². The molecule has 160 valence electrons. The maximum Gasteiger partial charge on any atom is 0.256 e. The molecule has 0 aliphatic heterocycles. The number of carbonyl (C=O) groups excluding carboxylic acids is 1. The molecule has 0 saturated heterocycles. The molecular formula is C26H22BrN3O2. The normalized spacial score (nSPS) is 10.7. The van der Waals surface area contributed by atoms with Crippen molar-refractivity contribution in [3.05, 3.63) is 88.5 Å². The molecule has 0 N–H and O–H groups in total. The zero-order valence-corrected chi connectivity index (χ0v) is 19.5. The first-order chi connectivity index (χ1) is 15.5. The number of aromatic nitrogens is 1. The number of benzene rings is 3. The number of aryl methyl sites for hydroxylation is 1. The SMILES string of the molecule is CN(Cc1ccc(-c2ccc(OCC#N)c(Br)c2)cc1)C(=O)c1cn(C)c2ccccc12. The van der Waals surface area contributed by atoms with E-state index in [0.717, 1.165) is 32.1 Å². The molecular weight excluding hydrogens is 466 g/mol. The quantitative estimate of drug-likeness (QED) is 0.346. The highest BCUT2D eigenvalue weighted by Gasteiger charge is 2.17. The number of hydrogen-bond acceptors (Lipinski definition) is 3. The third kappa shape index (κ3) is 4.39. The van der Waals surface area contributed by atoms with Crippen LogP contribution in [-0.2, 0) is 13.6 Å². The summed E-state index contributed by atoms with van der Waals surface area (Å²) in [5.74, 6) is 0.642. The highest BCUT2D eigenvalue weighted by atomic mass is 79.9. The maximum absolute atomic E-state index is 13.1. The number of carbonyl (C=O) groups is 1. The lowest BCUT2D eigenvalue weighted by Gasteiger charge is -2.17. The molecule has 1 heterocycles. The molecule has 0 unspecified atom stereocenters. The number of rotatable bonds is 6. The molecule has 0 fully saturated rings. The van der Waals surface area contributed by atoms with Gasteiger partial charge in [0, 0.05) is 37.7 Å². The molecule has 0 aliphatic carbocycles. The van der Waals surface area contributed by atoms with E-state index in [2.05, 4.69) is 15.9 Å². The first kappa shape index (κ1) is 21.7. The van der Waals surface area contributed by atoms with E-state index in [-0.39, 0.29) is 12.5 Å². The Morgan fingerprint density at radius 2 is 1.81 bits per heavy atom. The van der Waals surface area contributed by atoms with Gasteiger partial charge >= 0.3 is 0 Å². The van der Waals surface area contributed by atoms with E-state index >= 15 is 0 Å². The van der Waals surface area contributed by atoms with E-state index in [4.69, 9.17) is 10.00 Å². The lowest BCUT2D eigenvalue weighted by Crippen LogP contribution is -2.26. The standard InChI is InChI=1S/C26H22BrN3O2/c1-29-17-22(21-5-3-4-6-24(21)29)26(31)30(2)16-18-7-9-19(10-8-18)20-11-12-25(23(27)15-20)32-14-13-28/h3-12,15,17H,14,16H2,1-2H3. The van der Waals surface area contributed by atoms with E-state index in [1.54, 1.807) is 4.90 Å². The summed E-state index contributed by atoms with van der Waals surface area (Å²) < 4.78 is 8.17. The molecule has 32 heavy (non-hydrogen) atoms. The Morgan fingerprint density at radius 3 is 2.53 bits per heavy atom. The van der Waals surface area contributed by atoms with Crippen molar-refractivity contribution in [2.24, 2.45) is 7.05 Å². The maximum atomic E-state index is 13.1. The predicted octanol–water partition coefficient (Wildman–Crippen LogP) is 5.78. The minimum absolute atomic E-state index is 0.00256. The van der Waals surface area contributed by atoms with Crippen LogP contribution in [-0.4, -0.2) is 29.0 Å². The monoisotopic (exact) mass is 487 g/mol. The minimum Gasteiger partial charge on any atom is -0.478 e. The van der Waals surface area contributed by atoms with E-state index in [1.807, 2.05) is 97.7 Å². The van der Waals surface area contributed by atoms with Gasteiger partial charge in [-0.1, -0.05) is 48.5 Å². The Labute approximate surface area is 195 Å². The van der Waals surface area contributed by atoms with Gasteiger partial charge in [-0.15, -0.1) is 0 Å². The van der Waals surface area contributed by atoms with Crippen LogP contribution in [0, 0.1) is 11.3 Å². The highest BCUT2D eigenvalue weighted by molar-refractivity contribution is 9.10. The average molecular weight is 488 g/mol. The molecule has 6 heteroatoms. The fraction of sp³-hybridized carbons (Fsp3) is 0.154. The van der Waals surface area contributed by atoms with Gasteiger partial charge in [0.2, 0.25) is 0 Å². The number of hydrogen-bond donors (Lipinski definition) is 0. The van der Waals surface area contributed by atoms with Gasteiger partial charge < -0.3 is 14.2 Å². The second-order valence-electron chi connectivity index (χ2n) is 7.62. The Bertz CT molecular complexity index is 1320. The van der Waals surface area contributed by atoms with Gasteiger partial charge in [-0.2, -0.15) is 5.26 Å². The molecule has 0 spiro atoms. The molecule has 4 rings (SSSR count). The number of fused-ring (bicyclic) bond motifs is 1. The molecule has 4 aromatic rings. The van der Waals surface area contributed by atoms with E-state index in [9.17, 15) is 4.79 Å². The largest absolute Gasteiger partial charge is 0.478 e. The molecule has 0 saturated carbocycles. The second kappa shape index (κ2) is 9.29. The molecule has 0 radical (unpaired) electrons. The molecule has 0 bridgehead atoms. The van der Waals surface area contributed by atoms with Crippen molar-refractivity contribution in [2.75, 3.05) is 13.7 Å². The van der Waals surface area contributed by atoms with Crippen LogP contribution in [0.5, 0.6) is 5.75 Å². The average Bonchev–Trinajstić information content (AvgIpc) is 3.15. The van der Waals surface area contributed by atoms with Crippen LogP contribution >= 0.6 is 15.9 Å². The Morgan fingerprint density at radius 1 is 1.09 bits per heavy atom. The summed E-state index contributed by atoms with van der Waals surface area (Å²) in [6.45, 7) is 0.532. The van der Waals surface area contributed by atoms with Crippen molar-refractivity contribution >= 4 is 32.7 Å². The van der Waals surface area contributed by atoms with E-state index in [0.29, 0.717) is 17.9 Å². The summed E-state index contributed by atoms with van der Waals surface area (Å²) in [5.41, 5.74) is 4.91. The van der Waals surface area contributed by atoms with Crippen molar-refractivity contribution in [1.82, 2.24) is 9.47 Å². The van der Waals surface area contributed by atoms with Crippen LogP contribution in [0.15, 0.2) is 77.4 Å². The fourth-order valence-electron chi connectivity index (χ4n) is 3.77. The van der Waals surface area contributed by atoms with Gasteiger partial charge in [0.25, 0.3) is 5.91 Å². The fourth-order valence-corrected chi connectivity index (χ4v) is 4.27. The van der Waals surface area contributed by atoms with Gasteiger partial charge in [0.05, 0.1) is 10.0 Å². The number of ether oxygens (including phenoxy) is 1. The van der Waals surface area contributed by atoms with Gasteiger partial charge in [0.1, 0.15) is 11.8 Å². The summed E-state index contributed by atoms with van der Waals surface area (Å²) in [5, 5.41) is 9.64. The number of nitriles is 1. The molecule has 1 aromatic heterocycles. The first-order valence-corrected chi connectivity index (χ1v) is 11.0. The lowest BCUT2D eigenvalue weighted by molar-refractivity contribution is 0.0787. The Kier molecular flexibility index (Phi) is 6.29.